The molecule has 0 atom stereocenters. The Labute approximate surface area is 83.7 Å². The molecule has 76 valence electrons. The lowest BCUT2D eigenvalue weighted by Crippen LogP contribution is -2.40. The number of phenols is 1. The van der Waals surface area contributed by atoms with Crippen molar-refractivity contribution in [3.63, 3.8) is 0 Å². The van der Waals surface area contributed by atoms with Gasteiger partial charge in [-0.3, -0.25) is 0 Å². The average molecular weight is 193 g/mol. The van der Waals surface area contributed by atoms with E-state index in [1.54, 1.807) is 6.07 Å². The van der Waals surface area contributed by atoms with Crippen molar-refractivity contribution in [3.8, 4) is 5.75 Å². The van der Waals surface area contributed by atoms with Crippen LogP contribution in [0, 0.1) is 13.8 Å². The van der Waals surface area contributed by atoms with E-state index in [9.17, 15) is 5.11 Å². The molecule has 0 saturated carbocycles. The SMILES string of the molecule is Cc1cc(NC2COC2)c(C)cc1O. The number of aryl methyl sites for hydroxylation is 2. The average Bonchev–Trinajstić information content (AvgIpc) is 2.06. The molecule has 1 fully saturated rings. The van der Waals surface area contributed by atoms with Gasteiger partial charge in [0.2, 0.25) is 0 Å². The van der Waals surface area contributed by atoms with E-state index in [2.05, 4.69) is 5.32 Å². The second kappa shape index (κ2) is 3.50. The molecule has 1 aliphatic heterocycles. The van der Waals surface area contributed by atoms with Crippen LogP contribution in [0.3, 0.4) is 0 Å². The molecule has 14 heavy (non-hydrogen) atoms. The molecule has 0 amide bonds. The van der Waals surface area contributed by atoms with Gasteiger partial charge in [0, 0.05) is 5.69 Å². The third kappa shape index (κ3) is 1.68. The van der Waals surface area contributed by atoms with E-state index < -0.39 is 0 Å². The summed E-state index contributed by atoms with van der Waals surface area (Å²) in [6.45, 7) is 5.44. The standard InChI is InChI=1S/C11H15NO2/c1-7-4-11(13)8(2)3-10(7)12-9-5-14-6-9/h3-4,9,12-13H,5-6H2,1-2H3. The van der Waals surface area contributed by atoms with Crippen LogP contribution in [0.15, 0.2) is 12.1 Å². The number of anilines is 1. The maximum Gasteiger partial charge on any atom is 0.118 e. The summed E-state index contributed by atoms with van der Waals surface area (Å²) < 4.78 is 5.09. The summed E-state index contributed by atoms with van der Waals surface area (Å²) in [4.78, 5) is 0. The van der Waals surface area contributed by atoms with Gasteiger partial charge in [-0.1, -0.05) is 0 Å². The lowest BCUT2D eigenvalue weighted by atomic mass is 10.1. The largest absolute Gasteiger partial charge is 0.508 e. The van der Waals surface area contributed by atoms with Crippen molar-refractivity contribution in [2.45, 2.75) is 19.9 Å². The van der Waals surface area contributed by atoms with Gasteiger partial charge in [-0.15, -0.1) is 0 Å². The second-order valence-electron chi connectivity index (χ2n) is 3.83. The van der Waals surface area contributed by atoms with E-state index in [1.165, 1.54) is 0 Å². The number of aromatic hydroxyl groups is 1. The fourth-order valence-corrected chi connectivity index (χ4v) is 1.50. The second-order valence-corrected chi connectivity index (χ2v) is 3.83. The summed E-state index contributed by atoms with van der Waals surface area (Å²) in [5, 5.41) is 12.9. The Balaban J connectivity index is 2.19. The highest BCUT2D eigenvalue weighted by Crippen LogP contribution is 2.26. The zero-order valence-corrected chi connectivity index (χ0v) is 8.50. The number of hydrogen-bond acceptors (Lipinski definition) is 3. The van der Waals surface area contributed by atoms with Gasteiger partial charge in [0.25, 0.3) is 0 Å². The third-order valence-corrected chi connectivity index (χ3v) is 2.54. The molecule has 0 spiro atoms. The Kier molecular flexibility index (Phi) is 2.33. The zero-order chi connectivity index (χ0) is 10.1. The van der Waals surface area contributed by atoms with Crippen LogP contribution in [0.25, 0.3) is 0 Å². The molecule has 2 N–H and O–H groups in total. The molecule has 0 unspecified atom stereocenters. The Morgan fingerprint density at radius 1 is 1.29 bits per heavy atom. The van der Waals surface area contributed by atoms with Gasteiger partial charge < -0.3 is 15.2 Å². The van der Waals surface area contributed by atoms with E-state index in [-0.39, 0.29) is 0 Å². The van der Waals surface area contributed by atoms with Crippen LogP contribution in [0.4, 0.5) is 5.69 Å². The molecule has 1 saturated heterocycles. The summed E-state index contributed by atoms with van der Waals surface area (Å²) in [5.74, 6) is 0.359. The minimum absolute atomic E-state index is 0.359. The van der Waals surface area contributed by atoms with E-state index in [1.807, 2.05) is 19.9 Å². The lowest BCUT2D eigenvalue weighted by molar-refractivity contribution is 0.0211. The Hall–Kier alpha value is -1.22. The van der Waals surface area contributed by atoms with Gasteiger partial charge in [-0.2, -0.15) is 0 Å². The molecule has 3 nitrogen and oxygen atoms in total. The van der Waals surface area contributed by atoms with Crippen molar-refractivity contribution < 1.29 is 9.84 Å². The Bertz CT molecular complexity index is 345. The topological polar surface area (TPSA) is 41.5 Å². The monoisotopic (exact) mass is 193 g/mol. The van der Waals surface area contributed by atoms with Crippen molar-refractivity contribution in [3.05, 3.63) is 23.3 Å². The van der Waals surface area contributed by atoms with E-state index in [0.717, 1.165) is 30.0 Å². The molecule has 1 heterocycles. The molecule has 1 aromatic carbocycles. The molecule has 1 aromatic rings. The molecule has 0 bridgehead atoms. The van der Waals surface area contributed by atoms with Gasteiger partial charge in [0.05, 0.1) is 19.3 Å². The number of hydrogen-bond donors (Lipinski definition) is 2. The molecule has 2 rings (SSSR count). The van der Waals surface area contributed by atoms with Crippen LogP contribution in [-0.2, 0) is 4.74 Å². The van der Waals surface area contributed by atoms with Crippen molar-refractivity contribution in [2.24, 2.45) is 0 Å². The van der Waals surface area contributed by atoms with E-state index in [0.29, 0.717) is 11.8 Å². The van der Waals surface area contributed by atoms with Gasteiger partial charge in [-0.25, -0.2) is 0 Å². The highest BCUT2D eigenvalue weighted by atomic mass is 16.5. The molecule has 0 aromatic heterocycles. The van der Waals surface area contributed by atoms with E-state index >= 15 is 0 Å². The predicted molar refractivity (Wildman–Crippen MR) is 55.8 cm³/mol. The normalized spacial score (nSPS) is 16.4. The van der Waals surface area contributed by atoms with Gasteiger partial charge in [0.1, 0.15) is 5.75 Å². The summed E-state index contributed by atoms with van der Waals surface area (Å²) in [6, 6.07) is 4.19. The quantitative estimate of drug-likeness (QED) is 0.704. The molecular weight excluding hydrogens is 178 g/mol. The molecular formula is C11H15NO2. The Morgan fingerprint density at radius 2 is 2.00 bits per heavy atom. The van der Waals surface area contributed by atoms with Crippen molar-refractivity contribution in [1.82, 2.24) is 0 Å². The Morgan fingerprint density at radius 3 is 2.57 bits per heavy atom. The van der Waals surface area contributed by atoms with Crippen molar-refractivity contribution >= 4 is 5.69 Å². The third-order valence-electron chi connectivity index (χ3n) is 2.54. The number of rotatable bonds is 2. The first kappa shape index (κ1) is 9.34. The summed E-state index contributed by atoms with van der Waals surface area (Å²) in [5.41, 5.74) is 3.06. The predicted octanol–water partition coefficient (Wildman–Crippen LogP) is 1.82. The summed E-state index contributed by atoms with van der Waals surface area (Å²) in [6.07, 6.45) is 0. The van der Waals surface area contributed by atoms with Crippen LogP contribution in [0.1, 0.15) is 11.1 Å². The zero-order valence-electron chi connectivity index (χ0n) is 8.50. The van der Waals surface area contributed by atoms with Gasteiger partial charge >= 0.3 is 0 Å². The first-order valence-corrected chi connectivity index (χ1v) is 4.81. The van der Waals surface area contributed by atoms with Crippen molar-refractivity contribution in [2.75, 3.05) is 18.5 Å². The first-order valence-electron chi connectivity index (χ1n) is 4.81. The number of nitrogens with one attached hydrogen (secondary N) is 1. The maximum absolute atomic E-state index is 9.48. The van der Waals surface area contributed by atoms with Crippen LogP contribution in [0.5, 0.6) is 5.75 Å². The smallest absolute Gasteiger partial charge is 0.118 e. The van der Waals surface area contributed by atoms with Crippen LogP contribution < -0.4 is 5.32 Å². The highest BCUT2D eigenvalue weighted by molar-refractivity contribution is 5.57. The molecule has 0 radical (unpaired) electrons. The highest BCUT2D eigenvalue weighted by Gasteiger charge is 2.18. The fourth-order valence-electron chi connectivity index (χ4n) is 1.50. The first-order chi connectivity index (χ1) is 6.66. The lowest BCUT2D eigenvalue weighted by Gasteiger charge is -2.28. The number of ether oxygens (including phenoxy) is 1. The van der Waals surface area contributed by atoms with Gasteiger partial charge in [0.15, 0.2) is 0 Å². The number of phenolic OH excluding ortho intramolecular Hbond substituents is 1. The van der Waals surface area contributed by atoms with Crippen LogP contribution in [0.2, 0.25) is 0 Å². The fraction of sp³-hybridized carbons (Fsp3) is 0.455. The van der Waals surface area contributed by atoms with Crippen molar-refractivity contribution in [1.29, 1.82) is 0 Å². The minimum Gasteiger partial charge on any atom is -0.508 e. The molecule has 3 heteroatoms. The van der Waals surface area contributed by atoms with Crippen LogP contribution in [-0.4, -0.2) is 24.4 Å². The summed E-state index contributed by atoms with van der Waals surface area (Å²) in [7, 11) is 0. The molecule has 1 aliphatic rings. The van der Waals surface area contributed by atoms with Crippen LogP contribution >= 0.6 is 0 Å². The minimum atomic E-state index is 0.359. The molecule has 0 aliphatic carbocycles. The summed E-state index contributed by atoms with van der Waals surface area (Å²) >= 11 is 0. The number of benzene rings is 1. The maximum atomic E-state index is 9.48. The van der Waals surface area contributed by atoms with Gasteiger partial charge in [-0.05, 0) is 37.1 Å². The van der Waals surface area contributed by atoms with E-state index in [4.69, 9.17) is 4.74 Å².